The highest BCUT2D eigenvalue weighted by Crippen LogP contribution is 2.39. The molecule has 4 fully saturated rings. The number of benzene rings is 3. The third-order valence-electron chi connectivity index (χ3n) is 10.9. The molecular formula is C41H51ClN8O8S3. The van der Waals surface area contributed by atoms with E-state index in [1.807, 2.05) is 42.5 Å². The molecule has 0 radical (unpaired) electrons. The summed E-state index contributed by atoms with van der Waals surface area (Å²) in [5, 5.41) is 23.3. The molecule has 0 saturated carbocycles. The monoisotopic (exact) mass is 914 g/mol. The standard InChI is InChI=1S/C24H28N4O5S2.C10H16N4O.C7H7ClO2S/c29-34(30,17-19-9-3-1-4-10-19)27-15-7-13-21(27)23-25-26-24(33-23)22-14-8-16-28(22)35(31,32)18-20-11-5-2-6-12-20;1-3-7(11-5-1)9-13-14-10(15-9)8-4-2-6-12-8;8-11(9,10)6-7-4-2-1-3-5-7/h1-6,9-12,21-22H,7-8,13-18H2;7-8,11-12H,1-6H2;1-5H,6H2/t21-,22?;7-,8?;/m00./s1. The van der Waals surface area contributed by atoms with Gasteiger partial charge in [0.05, 0.1) is 29.3 Å². The molecule has 0 aliphatic carbocycles. The molecule has 0 amide bonds. The third-order valence-corrected chi connectivity index (χ3v) is 15.6. The van der Waals surface area contributed by atoms with E-state index in [9.17, 15) is 25.3 Å². The smallest absolute Gasteiger partial charge is 0.236 e. The maximum absolute atomic E-state index is 13.2. The second-order valence-corrected chi connectivity index (χ2v) is 22.1. The molecule has 3 aromatic carbocycles. The summed E-state index contributed by atoms with van der Waals surface area (Å²) in [6, 6.07) is 26.4. The Morgan fingerprint density at radius 1 is 0.508 bits per heavy atom. The molecule has 2 unspecified atom stereocenters. The van der Waals surface area contributed by atoms with Crippen LogP contribution in [-0.2, 0) is 46.4 Å². The Hall–Kier alpha value is -4.08. The fourth-order valence-electron chi connectivity index (χ4n) is 7.98. The van der Waals surface area contributed by atoms with Crippen molar-refractivity contribution in [3.05, 3.63) is 131 Å². The summed E-state index contributed by atoms with van der Waals surface area (Å²) in [5.74, 6) is 1.67. The zero-order valence-corrected chi connectivity index (χ0v) is 36.8. The molecule has 4 aliphatic heterocycles. The molecule has 6 heterocycles. The van der Waals surface area contributed by atoms with E-state index in [1.165, 1.54) is 21.5 Å². The van der Waals surface area contributed by atoms with Crippen LogP contribution in [0.3, 0.4) is 0 Å². The number of rotatable bonds is 12. The van der Waals surface area contributed by atoms with Gasteiger partial charge in [-0.2, -0.15) is 8.61 Å². The van der Waals surface area contributed by atoms with E-state index in [4.69, 9.17) is 19.5 Å². The lowest BCUT2D eigenvalue weighted by Crippen LogP contribution is -2.32. The van der Waals surface area contributed by atoms with E-state index < -0.39 is 41.2 Å². The lowest BCUT2D eigenvalue weighted by atomic mass is 10.2. The fourth-order valence-corrected chi connectivity index (χ4v) is 12.5. The average molecular weight is 916 g/mol. The Kier molecular flexibility index (Phi) is 15.0. The van der Waals surface area contributed by atoms with Crippen LogP contribution in [0.4, 0.5) is 0 Å². The second-order valence-electron chi connectivity index (χ2n) is 15.4. The zero-order valence-electron chi connectivity index (χ0n) is 33.6. The summed E-state index contributed by atoms with van der Waals surface area (Å²) in [6.45, 7) is 2.89. The first-order valence-corrected chi connectivity index (χ1v) is 26.2. The highest BCUT2D eigenvalue weighted by molar-refractivity contribution is 8.13. The van der Waals surface area contributed by atoms with Gasteiger partial charge in [-0.15, -0.1) is 20.4 Å². The Morgan fingerprint density at radius 2 is 0.869 bits per heavy atom. The number of hydrogen-bond donors (Lipinski definition) is 2. The average Bonchev–Trinajstić information content (AvgIpc) is 4.08. The maximum atomic E-state index is 13.2. The van der Waals surface area contributed by atoms with Crippen molar-refractivity contribution in [3.8, 4) is 0 Å². The summed E-state index contributed by atoms with van der Waals surface area (Å²) in [7, 11) is -5.54. The molecule has 0 spiro atoms. The number of aromatic nitrogens is 4. The Bertz CT molecular complexity index is 2350. The van der Waals surface area contributed by atoms with Gasteiger partial charge in [0.25, 0.3) is 0 Å². The maximum Gasteiger partial charge on any atom is 0.236 e. The van der Waals surface area contributed by atoms with Gasteiger partial charge in [0.1, 0.15) is 12.1 Å². The molecular weight excluding hydrogens is 864 g/mol. The van der Waals surface area contributed by atoms with E-state index in [0.29, 0.717) is 44.3 Å². The minimum atomic E-state index is -3.59. The van der Waals surface area contributed by atoms with Gasteiger partial charge in [0, 0.05) is 23.8 Å². The molecule has 4 aliphatic rings. The van der Waals surface area contributed by atoms with Gasteiger partial charge in [-0.05, 0) is 81.1 Å². The first kappa shape index (κ1) is 45.0. The van der Waals surface area contributed by atoms with Crippen LogP contribution < -0.4 is 10.6 Å². The lowest BCUT2D eigenvalue weighted by molar-refractivity contribution is 0.286. The molecule has 2 aromatic heterocycles. The summed E-state index contributed by atoms with van der Waals surface area (Å²) in [4.78, 5) is 0. The van der Waals surface area contributed by atoms with E-state index in [0.717, 1.165) is 48.8 Å². The molecule has 4 saturated heterocycles. The van der Waals surface area contributed by atoms with E-state index in [-0.39, 0.29) is 41.1 Å². The predicted octanol–water partition coefficient (Wildman–Crippen LogP) is 6.08. The van der Waals surface area contributed by atoms with E-state index >= 15 is 0 Å². The Balaban J connectivity index is 0.000000175. The van der Waals surface area contributed by atoms with Crippen LogP contribution in [0.15, 0.2) is 99.8 Å². The quantitative estimate of drug-likeness (QED) is 0.136. The number of nitrogens with one attached hydrogen (secondary N) is 2. The van der Waals surface area contributed by atoms with Crippen molar-refractivity contribution in [2.75, 3.05) is 26.2 Å². The van der Waals surface area contributed by atoms with Crippen molar-refractivity contribution in [2.24, 2.45) is 0 Å². The van der Waals surface area contributed by atoms with Crippen LogP contribution in [0.5, 0.6) is 0 Å². The van der Waals surface area contributed by atoms with Gasteiger partial charge >= 0.3 is 0 Å². The van der Waals surface area contributed by atoms with Crippen LogP contribution in [-0.4, -0.2) is 80.4 Å². The Morgan fingerprint density at radius 3 is 1.23 bits per heavy atom. The summed E-state index contributed by atoms with van der Waals surface area (Å²) >= 11 is 0. The van der Waals surface area contributed by atoms with Crippen LogP contribution in [0.2, 0.25) is 0 Å². The highest BCUT2D eigenvalue weighted by atomic mass is 35.7. The van der Waals surface area contributed by atoms with Gasteiger partial charge in [0.15, 0.2) is 0 Å². The van der Waals surface area contributed by atoms with Gasteiger partial charge in [-0.1, -0.05) is 91.0 Å². The molecule has 4 atom stereocenters. The van der Waals surface area contributed by atoms with Gasteiger partial charge in [-0.25, -0.2) is 25.3 Å². The normalized spacial score (nSPS) is 22.4. The largest absolute Gasteiger partial charge is 0.422 e. The molecule has 5 aromatic rings. The van der Waals surface area contributed by atoms with Gasteiger partial charge in [-0.3, -0.25) is 0 Å². The van der Waals surface area contributed by atoms with Crippen LogP contribution >= 0.6 is 10.7 Å². The number of nitrogens with zero attached hydrogens (tertiary/aromatic N) is 6. The first-order valence-electron chi connectivity index (χ1n) is 20.5. The third kappa shape index (κ3) is 12.3. The van der Waals surface area contributed by atoms with Crippen molar-refractivity contribution in [1.29, 1.82) is 0 Å². The van der Waals surface area contributed by atoms with Crippen molar-refractivity contribution in [2.45, 2.75) is 92.8 Å². The molecule has 61 heavy (non-hydrogen) atoms. The van der Waals surface area contributed by atoms with E-state index in [2.05, 4.69) is 31.0 Å². The van der Waals surface area contributed by atoms with Crippen molar-refractivity contribution in [3.63, 3.8) is 0 Å². The highest BCUT2D eigenvalue weighted by Gasteiger charge is 2.42. The molecule has 9 rings (SSSR count). The van der Waals surface area contributed by atoms with Crippen LogP contribution in [0, 0.1) is 0 Å². The summed E-state index contributed by atoms with van der Waals surface area (Å²) < 4.78 is 88.3. The second kappa shape index (κ2) is 20.4. The topological polar surface area (TPSA) is 211 Å². The van der Waals surface area contributed by atoms with Crippen molar-refractivity contribution in [1.82, 2.24) is 39.6 Å². The SMILES string of the molecule is C1CNC(c2nnc([C@@H]3CCCN3)o2)C1.O=S(=O)(Cc1ccccc1)N1CCCC1c1nnc([C@@H]2CCCN2S(=O)(=O)Cc2ccccc2)o1.O=S(=O)(Cl)Cc1ccccc1. The molecule has 328 valence electrons. The number of sulfonamides is 2. The van der Waals surface area contributed by atoms with Gasteiger partial charge < -0.3 is 19.5 Å². The summed E-state index contributed by atoms with van der Waals surface area (Å²) in [5.41, 5.74) is 2.15. The minimum absolute atomic E-state index is 0.0978. The number of hydrogen-bond acceptors (Lipinski definition) is 14. The lowest BCUT2D eigenvalue weighted by Gasteiger charge is -2.22. The number of halogens is 1. The van der Waals surface area contributed by atoms with Crippen LogP contribution in [0.25, 0.3) is 0 Å². The van der Waals surface area contributed by atoms with Crippen molar-refractivity contribution >= 4 is 39.8 Å². The molecule has 0 bridgehead atoms. The zero-order chi connectivity index (χ0) is 42.9. The van der Waals surface area contributed by atoms with Crippen molar-refractivity contribution < 1.29 is 34.1 Å². The predicted molar refractivity (Wildman–Crippen MR) is 229 cm³/mol. The summed E-state index contributed by atoms with van der Waals surface area (Å²) in [6.07, 6.45) is 7.16. The Labute approximate surface area is 362 Å². The van der Waals surface area contributed by atoms with Gasteiger partial charge in [0.2, 0.25) is 52.7 Å². The minimum Gasteiger partial charge on any atom is -0.422 e. The fraction of sp³-hybridized carbons (Fsp3) is 0.463. The molecule has 16 nitrogen and oxygen atoms in total. The van der Waals surface area contributed by atoms with Crippen LogP contribution in [0.1, 0.15) is 116 Å². The molecule has 2 N–H and O–H groups in total. The van der Waals surface area contributed by atoms with E-state index in [1.54, 1.807) is 48.5 Å². The molecule has 20 heteroatoms. The first-order chi connectivity index (χ1) is 29.3.